The lowest BCUT2D eigenvalue weighted by atomic mass is 9.93. The molecule has 0 bridgehead atoms. The molecule has 0 radical (unpaired) electrons. The summed E-state index contributed by atoms with van der Waals surface area (Å²) in [5.74, 6) is 1.79. The fourth-order valence-corrected chi connectivity index (χ4v) is 3.13. The van der Waals surface area contributed by atoms with Crippen LogP contribution >= 0.6 is 24.0 Å². The SMILES string of the molecule is CN=C(NCc1ccn(-c2ccc(OC)cc2)n1)N1CCC(C)(C)C1.I. The van der Waals surface area contributed by atoms with Crippen LogP contribution in [0, 0.1) is 5.41 Å². The molecule has 2 aromatic rings. The van der Waals surface area contributed by atoms with Gasteiger partial charge in [-0.15, -0.1) is 24.0 Å². The first-order valence-electron chi connectivity index (χ1n) is 8.65. The van der Waals surface area contributed by atoms with E-state index in [0.29, 0.717) is 12.0 Å². The van der Waals surface area contributed by atoms with E-state index in [2.05, 4.69) is 34.2 Å². The Morgan fingerprint density at radius 3 is 2.58 bits per heavy atom. The highest BCUT2D eigenvalue weighted by molar-refractivity contribution is 14.0. The Labute approximate surface area is 172 Å². The van der Waals surface area contributed by atoms with E-state index in [1.165, 1.54) is 6.42 Å². The van der Waals surface area contributed by atoms with Crippen molar-refractivity contribution >= 4 is 29.9 Å². The van der Waals surface area contributed by atoms with Crippen LogP contribution < -0.4 is 10.1 Å². The van der Waals surface area contributed by atoms with Crippen molar-refractivity contribution in [3.8, 4) is 11.4 Å². The van der Waals surface area contributed by atoms with Gasteiger partial charge in [0.1, 0.15) is 5.75 Å². The summed E-state index contributed by atoms with van der Waals surface area (Å²) >= 11 is 0. The molecule has 1 aliphatic heterocycles. The van der Waals surface area contributed by atoms with Crippen LogP contribution in [0.15, 0.2) is 41.5 Å². The molecule has 1 fully saturated rings. The van der Waals surface area contributed by atoms with Gasteiger partial charge in [0.15, 0.2) is 5.96 Å². The molecule has 6 nitrogen and oxygen atoms in total. The first kappa shape index (κ1) is 20.5. The van der Waals surface area contributed by atoms with Crippen LogP contribution in [-0.2, 0) is 6.54 Å². The van der Waals surface area contributed by atoms with Gasteiger partial charge in [0, 0.05) is 26.3 Å². The third kappa shape index (κ3) is 4.90. The number of aliphatic imine (C=N–C) groups is 1. The molecule has 1 saturated heterocycles. The summed E-state index contributed by atoms with van der Waals surface area (Å²) in [6.45, 7) is 7.35. The fraction of sp³-hybridized carbons (Fsp3) is 0.474. The van der Waals surface area contributed by atoms with E-state index in [0.717, 1.165) is 36.2 Å². The number of nitrogens with one attached hydrogen (secondary N) is 1. The number of benzene rings is 1. The van der Waals surface area contributed by atoms with E-state index in [1.807, 2.05) is 48.3 Å². The minimum atomic E-state index is 0. The lowest BCUT2D eigenvalue weighted by molar-refractivity contribution is 0.370. The van der Waals surface area contributed by atoms with Crippen molar-refractivity contribution in [1.29, 1.82) is 0 Å². The first-order chi connectivity index (χ1) is 12.0. The molecule has 0 aliphatic carbocycles. The maximum absolute atomic E-state index is 5.19. The van der Waals surface area contributed by atoms with Gasteiger partial charge in [-0.3, -0.25) is 4.99 Å². The van der Waals surface area contributed by atoms with E-state index >= 15 is 0 Å². The summed E-state index contributed by atoms with van der Waals surface area (Å²) in [4.78, 5) is 6.74. The van der Waals surface area contributed by atoms with Crippen LogP contribution in [0.3, 0.4) is 0 Å². The Morgan fingerprint density at radius 1 is 1.27 bits per heavy atom. The molecular formula is C19H28IN5O. The molecule has 1 aromatic heterocycles. The molecular weight excluding hydrogens is 441 g/mol. The highest BCUT2D eigenvalue weighted by Gasteiger charge is 2.30. The standard InChI is InChI=1S/C19H27N5O.HI/c1-19(2)10-12-23(14-19)18(20-3)21-13-15-9-11-24(22-15)16-5-7-17(25-4)8-6-16;/h5-9,11H,10,12-14H2,1-4H3,(H,20,21);1H. The van der Waals surface area contributed by atoms with Crippen molar-refractivity contribution < 1.29 is 4.74 Å². The normalized spacial score (nSPS) is 16.3. The molecule has 0 amide bonds. The van der Waals surface area contributed by atoms with Crippen molar-refractivity contribution in [2.45, 2.75) is 26.8 Å². The quantitative estimate of drug-likeness (QED) is 0.424. The summed E-state index contributed by atoms with van der Waals surface area (Å²) in [6, 6.07) is 9.89. The number of aromatic nitrogens is 2. The van der Waals surface area contributed by atoms with Crippen molar-refractivity contribution in [1.82, 2.24) is 20.0 Å². The smallest absolute Gasteiger partial charge is 0.193 e. The Kier molecular flexibility index (Phi) is 6.91. The van der Waals surface area contributed by atoms with E-state index in [4.69, 9.17) is 4.74 Å². The van der Waals surface area contributed by atoms with Gasteiger partial charge in [-0.05, 0) is 42.2 Å². The molecule has 7 heteroatoms. The monoisotopic (exact) mass is 469 g/mol. The summed E-state index contributed by atoms with van der Waals surface area (Å²) in [5.41, 5.74) is 2.35. The highest BCUT2D eigenvalue weighted by Crippen LogP contribution is 2.28. The van der Waals surface area contributed by atoms with Crippen LogP contribution in [0.25, 0.3) is 5.69 Å². The molecule has 3 rings (SSSR count). The number of hydrogen-bond donors (Lipinski definition) is 1. The Bertz CT molecular complexity index is 739. The van der Waals surface area contributed by atoms with Gasteiger partial charge >= 0.3 is 0 Å². The minimum Gasteiger partial charge on any atom is -0.497 e. The first-order valence-corrected chi connectivity index (χ1v) is 8.65. The average molecular weight is 469 g/mol. The molecule has 1 N–H and O–H groups in total. The van der Waals surface area contributed by atoms with Gasteiger partial charge in [0.25, 0.3) is 0 Å². The number of rotatable bonds is 4. The lowest BCUT2D eigenvalue weighted by Crippen LogP contribution is -2.40. The van der Waals surface area contributed by atoms with E-state index in [9.17, 15) is 0 Å². The van der Waals surface area contributed by atoms with Crippen LogP contribution in [0.2, 0.25) is 0 Å². The molecule has 26 heavy (non-hydrogen) atoms. The van der Waals surface area contributed by atoms with Crippen LogP contribution in [0.1, 0.15) is 26.0 Å². The topological polar surface area (TPSA) is 54.7 Å². The van der Waals surface area contributed by atoms with Gasteiger partial charge in [-0.1, -0.05) is 13.8 Å². The van der Waals surface area contributed by atoms with Gasteiger partial charge in [0.2, 0.25) is 0 Å². The highest BCUT2D eigenvalue weighted by atomic mass is 127. The number of guanidine groups is 1. The van der Waals surface area contributed by atoms with Gasteiger partial charge in [-0.2, -0.15) is 5.10 Å². The zero-order chi connectivity index (χ0) is 17.9. The van der Waals surface area contributed by atoms with Gasteiger partial charge in [-0.25, -0.2) is 4.68 Å². The van der Waals surface area contributed by atoms with Gasteiger partial charge in [0.05, 0.1) is 25.0 Å². The van der Waals surface area contributed by atoms with Crippen molar-refractivity contribution in [2.75, 3.05) is 27.2 Å². The minimum absolute atomic E-state index is 0. The number of methoxy groups -OCH3 is 1. The third-order valence-corrected chi connectivity index (χ3v) is 4.60. The number of ether oxygens (including phenoxy) is 1. The average Bonchev–Trinajstić information content (AvgIpc) is 3.22. The fourth-order valence-electron chi connectivity index (χ4n) is 3.13. The molecule has 142 valence electrons. The van der Waals surface area contributed by atoms with E-state index in [1.54, 1.807) is 7.11 Å². The zero-order valence-corrected chi connectivity index (χ0v) is 18.2. The van der Waals surface area contributed by atoms with Crippen molar-refractivity contribution in [2.24, 2.45) is 10.4 Å². The maximum atomic E-state index is 5.19. The molecule has 0 unspecified atom stereocenters. The van der Waals surface area contributed by atoms with Gasteiger partial charge < -0.3 is 15.0 Å². The van der Waals surface area contributed by atoms with E-state index in [-0.39, 0.29) is 24.0 Å². The largest absolute Gasteiger partial charge is 0.497 e. The second-order valence-electron chi connectivity index (χ2n) is 7.19. The summed E-state index contributed by atoms with van der Waals surface area (Å²) in [7, 11) is 3.50. The molecule has 0 saturated carbocycles. The lowest BCUT2D eigenvalue weighted by Gasteiger charge is -2.23. The number of likely N-dealkylation sites (tertiary alicyclic amines) is 1. The van der Waals surface area contributed by atoms with Crippen molar-refractivity contribution in [3.05, 3.63) is 42.2 Å². The van der Waals surface area contributed by atoms with Crippen LogP contribution in [0.5, 0.6) is 5.75 Å². The van der Waals surface area contributed by atoms with Crippen LogP contribution in [-0.4, -0.2) is 47.9 Å². The Hall–Kier alpha value is -1.77. The second kappa shape index (κ2) is 8.75. The zero-order valence-electron chi connectivity index (χ0n) is 15.9. The van der Waals surface area contributed by atoms with Crippen molar-refractivity contribution in [3.63, 3.8) is 0 Å². The number of halogens is 1. The summed E-state index contributed by atoms with van der Waals surface area (Å²) in [5, 5.41) is 8.07. The number of hydrogen-bond acceptors (Lipinski definition) is 3. The summed E-state index contributed by atoms with van der Waals surface area (Å²) < 4.78 is 7.07. The van der Waals surface area contributed by atoms with Crippen LogP contribution in [0.4, 0.5) is 0 Å². The molecule has 0 atom stereocenters. The Morgan fingerprint density at radius 2 is 2.00 bits per heavy atom. The molecule has 1 aliphatic rings. The summed E-state index contributed by atoms with van der Waals surface area (Å²) in [6.07, 6.45) is 3.17. The Balaban J connectivity index is 0.00000243. The predicted molar refractivity (Wildman–Crippen MR) is 116 cm³/mol. The molecule has 0 spiro atoms. The maximum Gasteiger partial charge on any atom is 0.193 e. The molecule has 1 aromatic carbocycles. The number of nitrogens with zero attached hydrogens (tertiary/aromatic N) is 4. The predicted octanol–water partition coefficient (Wildman–Crippen LogP) is 3.31. The molecule has 2 heterocycles. The van der Waals surface area contributed by atoms with E-state index < -0.39 is 0 Å². The third-order valence-electron chi connectivity index (χ3n) is 4.60. The second-order valence-corrected chi connectivity index (χ2v) is 7.19.